The molecule has 5 heteroatoms. The van der Waals surface area contributed by atoms with Crippen molar-refractivity contribution >= 4 is 5.95 Å². The molecule has 1 saturated carbocycles. The summed E-state index contributed by atoms with van der Waals surface area (Å²) in [5.74, 6) is 1.96. The minimum Gasteiger partial charge on any atom is -0.355 e. The summed E-state index contributed by atoms with van der Waals surface area (Å²) in [4.78, 5) is 0. The molecular formula is C12H23N5. The van der Waals surface area contributed by atoms with Gasteiger partial charge >= 0.3 is 0 Å². The molecule has 1 fully saturated rings. The summed E-state index contributed by atoms with van der Waals surface area (Å²) in [5.41, 5.74) is 6.20. The second kappa shape index (κ2) is 5.04. The third-order valence-corrected chi connectivity index (χ3v) is 3.86. The molecule has 0 radical (unpaired) electrons. The van der Waals surface area contributed by atoms with Crippen LogP contribution in [-0.4, -0.2) is 27.9 Å². The van der Waals surface area contributed by atoms with E-state index in [1.54, 1.807) is 0 Å². The molecule has 1 aromatic heterocycles. The van der Waals surface area contributed by atoms with Gasteiger partial charge in [0.25, 0.3) is 0 Å². The van der Waals surface area contributed by atoms with Crippen molar-refractivity contribution in [2.24, 2.45) is 11.1 Å². The maximum Gasteiger partial charge on any atom is 0.224 e. The van der Waals surface area contributed by atoms with Gasteiger partial charge in [-0.2, -0.15) is 0 Å². The van der Waals surface area contributed by atoms with Gasteiger partial charge in [0.15, 0.2) is 0 Å². The molecule has 2 rings (SSSR count). The molecule has 3 N–H and O–H groups in total. The molecule has 0 bridgehead atoms. The minimum atomic E-state index is 0.295. The molecule has 0 amide bonds. The molecule has 0 spiro atoms. The van der Waals surface area contributed by atoms with Gasteiger partial charge in [-0.15, -0.1) is 10.2 Å². The van der Waals surface area contributed by atoms with Crippen LogP contribution in [0.1, 0.15) is 38.9 Å². The van der Waals surface area contributed by atoms with E-state index in [0.717, 1.165) is 37.8 Å². The Morgan fingerprint density at radius 3 is 2.59 bits per heavy atom. The lowest BCUT2D eigenvalue weighted by molar-refractivity contribution is 0.140. The SMILES string of the molecule is CCNc1nnc(CC2(CN)CCC2)n1CC. The van der Waals surface area contributed by atoms with Crippen LogP contribution in [0.5, 0.6) is 0 Å². The lowest BCUT2D eigenvalue weighted by atomic mass is 9.66. The first-order chi connectivity index (χ1) is 8.24. The standard InChI is InChI=1S/C12H23N5/c1-3-14-11-16-15-10(17(11)4-2)8-12(9-13)6-5-7-12/h3-9,13H2,1-2H3,(H,14,16). The maximum absolute atomic E-state index is 5.90. The predicted octanol–water partition coefficient (Wildman–Crippen LogP) is 1.40. The van der Waals surface area contributed by atoms with Crippen LogP contribution in [0.4, 0.5) is 5.95 Å². The molecule has 1 heterocycles. The average Bonchev–Trinajstić information content (AvgIpc) is 2.66. The zero-order valence-corrected chi connectivity index (χ0v) is 10.9. The highest BCUT2D eigenvalue weighted by molar-refractivity contribution is 5.26. The Labute approximate surface area is 103 Å². The van der Waals surface area contributed by atoms with Gasteiger partial charge in [-0.1, -0.05) is 6.42 Å². The Morgan fingerprint density at radius 1 is 1.35 bits per heavy atom. The first-order valence-electron chi connectivity index (χ1n) is 6.60. The van der Waals surface area contributed by atoms with Gasteiger partial charge in [-0.25, -0.2) is 0 Å². The van der Waals surface area contributed by atoms with Crippen molar-refractivity contribution in [2.45, 2.75) is 46.1 Å². The second-order valence-electron chi connectivity index (χ2n) is 4.95. The Morgan fingerprint density at radius 2 is 2.12 bits per heavy atom. The lowest BCUT2D eigenvalue weighted by Gasteiger charge is -2.40. The summed E-state index contributed by atoms with van der Waals surface area (Å²) in [7, 11) is 0. The van der Waals surface area contributed by atoms with Crippen molar-refractivity contribution in [3.05, 3.63) is 5.82 Å². The van der Waals surface area contributed by atoms with Crippen LogP contribution in [0.25, 0.3) is 0 Å². The number of nitrogens with two attached hydrogens (primary N) is 1. The zero-order valence-electron chi connectivity index (χ0n) is 10.9. The summed E-state index contributed by atoms with van der Waals surface area (Å²) in [6.45, 7) is 6.75. The molecule has 0 aromatic carbocycles. The average molecular weight is 237 g/mol. The number of rotatable bonds is 6. The van der Waals surface area contributed by atoms with E-state index in [-0.39, 0.29) is 0 Å². The van der Waals surface area contributed by atoms with Crippen molar-refractivity contribution in [1.29, 1.82) is 0 Å². The maximum atomic E-state index is 5.90. The monoisotopic (exact) mass is 237 g/mol. The normalized spacial score (nSPS) is 17.8. The number of nitrogens with one attached hydrogen (secondary N) is 1. The van der Waals surface area contributed by atoms with Gasteiger partial charge in [0.1, 0.15) is 5.82 Å². The van der Waals surface area contributed by atoms with Crippen LogP contribution >= 0.6 is 0 Å². The number of nitrogens with zero attached hydrogens (tertiary/aromatic N) is 3. The Kier molecular flexibility index (Phi) is 3.66. The Balaban J connectivity index is 2.15. The fraction of sp³-hybridized carbons (Fsp3) is 0.833. The smallest absolute Gasteiger partial charge is 0.224 e. The van der Waals surface area contributed by atoms with Gasteiger partial charge in [-0.05, 0) is 38.6 Å². The molecule has 1 aromatic rings. The van der Waals surface area contributed by atoms with Crippen LogP contribution in [-0.2, 0) is 13.0 Å². The summed E-state index contributed by atoms with van der Waals surface area (Å²) >= 11 is 0. The van der Waals surface area contributed by atoms with Crippen molar-refractivity contribution in [1.82, 2.24) is 14.8 Å². The van der Waals surface area contributed by atoms with E-state index in [0.29, 0.717) is 5.41 Å². The molecule has 0 unspecified atom stereocenters. The first kappa shape index (κ1) is 12.4. The number of anilines is 1. The van der Waals surface area contributed by atoms with Crippen molar-refractivity contribution < 1.29 is 0 Å². The lowest BCUT2D eigenvalue weighted by Crippen LogP contribution is -2.39. The predicted molar refractivity (Wildman–Crippen MR) is 68.9 cm³/mol. The van der Waals surface area contributed by atoms with Gasteiger partial charge in [0, 0.05) is 19.5 Å². The summed E-state index contributed by atoms with van der Waals surface area (Å²) in [6, 6.07) is 0. The summed E-state index contributed by atoms with van der Waals surface area (Å²) in [5, 5.41) is 11.8. The quantitative estimate of drug-likeness (QED) is 0.784. The third kappa shape index (κ3) is 2.29. The van der Waals surface area contributed by atoms with Crippen LogP contribution in [0, 0.1) is 5.41 Å². The van der Waals surface area contributed by atoms with Crippen molar-refractivity contribution in [3.63, 3.8) is 0 Å². The van der Waals surface area contributed by atoms with E-state index >= 15 is 0 Å². The van der Waals surface area contributed by atoms with Gasteiger partial charge in [0.05, 0.1) is 0 Å². The van der Waals surface area contributed by atoms with E-state index in [4.69, 9.17) is 5.73 Å². The van der Waals surface area contributed by atoms with E-state index in [9.17, 15) is 0 Å². The molecule has 5 nitrogen and oxygen atoms in total. The molecule has 96 valence electrons. The number of aromatic nitrogens is 3. The Hall–Kier alpha value is -1.10. The summed E-state index contributed by atoms with van der Waals surface area (Å²) in [6.07, 6.45) is 4.74. The topological polar surface area (TPSA) is 68.8 Å². The Bertz CT molecular complexity index is 361. The highest BCUT2D eigenvalue weighted by Crippen LogP contribution is 2.42. The molecule has 17 heavy (non-hydrogen) atoms. The molecule has 1 aliphatic rings. The van der Waals surface area contributed by atoms with Crippen LogP contribution < -0.4 is 11.1 Å². The second-order valence-corrected chi connectivity index (χ2v) is 4.95. The fourth-order valence-corrected chi connectivity index (χ4v) is 2.55. The zero-order chi connectivity index (χ0) is 12.3. The molecule has 0 aliphatic heterocycles. The number of hydrogen-bond acceptors (Lipinski definition) is 4. The highest BCUT2D eigenvalue weighted by Gasteiger charge is 2.37. The van der Waals surface area contributed by atoms with Crippen LogP contribution in [0.3, 0.4) is 0 Å². The van der Waals surface area contributed by atoms with E-state index in [1.807, 2.05) is 0 Å². The molecular weight excluding hydrogens is 214 g/mol. The number of hydrogen-bond donors (Lipinski definition) is 2. The van der Waals surface area contributed by atoms with Crippen LogP contribution in [0.15, 0.2) is 0 Å². The first-order valence-corrected chi connectivity index (χ1v) is 6.60. The highest BCUT2D eigenvalue weighted by atomic mass is 15.3. The van der Waals surface area contributed by atoms with E-state index < -0.39 is 0 Å². The van der Waals surface area contributed by atoms with Gasteiger partial charge in [0.2, 0.25) is 5.95 Å². The van der Waals surface area contributed by atoms with Crippen molar-refractivity contribution in [2.75, 3.05) is 18.4 Å². The van der Waals surface area contributed by atoms with Crippen LogP contribution in [0.2, 0.25) is 0 Å². The van der Waals surface area contributed by atoms with Gasteiger partial charge < -0.3 is 11.1 Å². The van der Waals surface area contributed by atoms with E-state index in [2.05, 4.69) is 33.9 Å². The largest absolute Gasteiger partial charge is 0.355 e. The molecule has 0 saturated heterocycles. The third-order valence-electron chi connectivity index (χ3n) is 3.86. The molecule has 0 atom stereocenters. The minimum absolute atomic E-state index is 0.295. The van der Waals surface area contributed by atoms with Crippen molar-refractivity contribution in [3.8, 4) is 0 Å². The van der Waals surface area contributed by atoms with Gasteiger partial charge in [-0.3, -0.25) is 4.57 Å². The summed E-state index contributed by atoms with van der Waals surface area (Å²) < 4.78 is 2.17. The fourth-order valence-electron chi connectivity index (χ4n) is 2.55. The molecule has 1 aliphatic carbocycles. The van der Waals surface area contributed by atoms with E-state index in [1.165, 1.54) is 19.3 Å².